The second-order valence-electron chi connectivity index (χ2n) is 7.62. The standard InChI is InChI=1S/C20H21FN4O5/c1-12-4-2-3-9-20(12)18(27)25(19(28)23-20)10-16(26)29-11-15-22-17(24-30-15)13-5-7-14(21)8-6-13/h5-8,12H,2-4,9-11H2,1H3,(H,23,28). The molecule has 10 heteroatoms. The predicted molar refractivity (Wildman–Crippen MR) is 100 cm³/mol. The Hall–Kier alpha value is -3.30. The quantitative estimate of drug-likeness (QED) is 0.588. The molecule has 30 heavy (non-hydrogen) atoms. The monoisotopic (exact) mass is 416 g/mol. The molecule has 1 aromatic heterocycles. The number of rotatable bonds is 5. The van der Waals surface area contributed by atoms with E-state index in [1.807, 2.05) is 6.92 Å². The summed E-state index contributed by atoms with van der Waals surface area (Å²) in [5, 5.41) is 6.54. The molecule has 1 aliphatic carbocycles. The molecule has 158 valence electrons. The Labute approximate surface area is 171 Å². The van der Waals surface area contributed by atoms with Gasteiger partial charge in [0.2, 0.25) is 5.82 Å². The highest BCUT2D eigenvalue weighted by Crippen LogP contribution is 2.38. The summed E-state index contributed by atoms with van der Waals surface area (Å²) >= 11 is 0. The van der Waals surface area contributed by atoms with Crippen LogP contribution in [0.5, 0.6) is 0 Å². The number of halogens is 1. The van der Waals surface area contributed by atoms with Gasteiger partial charge < -0.3 is 14.6 Å². The van der Waals surface area contributed by atoms with Gasteiger partial charge in [0, 0.05) is 5.56 Å². The molecule has 2 aromatic rings. The Balaban J connectivity index is 1.35. The number of hydrogen-bond acceptors (Lipinski definition) is 7. The van der Waals surface area contributed by atoms with Crippen molar-refractivity contribution in [2.75, 3.05) is 6.54 Å². The van der Waals surface area contributed by atoms with Crippen molar-refractivity contribution in [3.8, 4) is 11.4 Å². The van der Waals surface area contributed by atoms with Crippen LogP contribution >= 0.6 is 0 Å². The van der Waals surface area contributed by atoms with Crippen LogP contribution in [0.15, 0.2) is 28.8 Å². The molecular formula is C20H21FN4O5. The SMILES string of the molecule is CC1CCCCC12NC(=O)N(CC(=O)OCc1nc(-c3ccc(F)cc3)no1)C2=O. The van der Waals surface area contributed by atoms with Gasteiger partial charge in [0.05, 0.1) is 0 Å². The van der Waals surface area contributed by atoms with Gasteiger partial charge in [0.15, 0.2) is 6.61 Å². The van der Waals surface area contributed by atoms with Crippen molar-refractivity contribution >= 4 is 17.9 Å². The minimum Gasteiger partial charge on any atom is -0.454 e. The first-order valence-corrected chi connectivity index (χ1v) is 9.77. The number of benzene rings is 1. The molecule has 4 rings (SSSR count). The van der Waals surface area contributed by atoms with E-state index in [0.717, 1.165) is 24.2 Å². The van der Waals surface area contributed by atoms with E-state index >= 15 is 0 Å². The van der Waals surface area contributed by atoms with Crippen molar-refractivity contribution in [3.63, 3.8) is 0 Å². The minimum atomic E-state index is -0.924. The highest BCUT2D eigenvalue weighted by Gasteiger charge is 2.55. The number of nitrogens with zero attached hydrogens (tertiary/aromatic N) is 3. The van der Waals surface area contributed by atoms with Crippen molar-refractivity contribution in [2.45, 2.75) is 44.8 Å². The number of ether oxygens (including phenoxy) is 1. The molecule has 2 unspecified atom stereocenters. The van der Waals surface area contributed by atoms with Crippen molar-refractivity contribution in [1.29, 1.82) is 0 Å². The van der Waals surface area contributed by atoms with Crippen LogP contribution in [0.4, 0.5) is 9.18 Å². The number of hydrogen-bond donors (Lipinski definition) is 1. The maximum Gasteiger partial charge on any atom is 0.326 e. The minimum absolute atomic E-state index is 0.00648. The Bertz CT molecular complexity index is 976. The molecule has 1 spiro atoms. The third-order valence-corrected chi connectivity index (χ3v) is 5.72. The Kier molecular flexibility index (Phi) is 5.23. The van der Waals surface area contributed by atoms with Crippen LogP contribution in [0, 0.1) is 11.7 Å². The summed E-state index contributed by atoms with van der Waals surface area (Å²) in [5.74, 6) is -1.26. The number of esters is 1. The maximum absolute atomic E-state index is 13.0. The molecule has 2 heterocycles. The Morgan fingerprint density at radius 1 is 1.33 bits per heavy atom. The summed E-state index contributed by atoms with van der Waals surface area (Å²) < 4.78 is 23.1. The van der Waals surface area contributed by atoms with Crippen LogP contribution in [0.3, 0.4) is 0 Å². The van der Waals surface area contributed by atoms with Crippen LogP contribution < -0.4 is 5.32 Å². The van der Waals surface area contributed by atoms with E-state index in [4.69, 9.17) is 9.26 Å². The van der Waals surface area contributed by atoms with Gasteiger partial charge in [0.1, 0.15) is 17.9 Å². The summed E-state index contributed by atoms with van der Waals surface area (Å²) in [6, 6.07) is 4.94. The van der Waals surface area contributed by atoms with E-state index in [1.54, 1.807) is 0 Å². The van der Waals surface area contributed by atoms with Crippen molar-refractivity contribution in [1.82, 2.24) is 20.4 Å². The van der Waals surface area contributed by atoms with Crippen LogP contribution in [-0.2, 0) is 20.9 Å². The number of carbonyl (C=O) groups is 3. The van der Waals surface area contributed by atoms with E-state index in [2.05, 4.69) is 15.5 Å². The molecule has 2 aliphatic rings. The molecule has 0 bridgehead atoms. The largest absolute Gasteiger partial charge is 0.454 e. The number of nitrogens with one attached hydrogen (secondary N) is 1. The third kappa shape index (κ3) is 3.64. The van der Waals surface area contributed by atoms with Gasteiger partial charge in [-0.3, -0.25) is 14.5 Å². The summed E-state index contributed by atoms with van der Waals surface area (Å²) in [6.07, 6.45) is 3.27. The van der Waals surface area contributed by atoms with E-state index in [9.17, 15) is 18.8 Å². The van der Waals surface area contributed by atoms with Crippen LogP contribution in [-0.4, -0.2) is 45.0 Å². The first-order chi connectivity index (χ1) is 14.4. The average molecular weight is 416 g/mol. The fourth-order valence-corrected chi connectivity index (χ4v) is 3.99. The predicted octanol–water partition coefficient (Wildman–Crippen LogP) is 2.42. The molecule has 1 aromatic carbocycles. The highest BCUT2D eigenvalue weighted by atomic mass is 19.1. The maximum atomic E-state index is 13.0. The first-order valence-electron chi connectivity index (χ1n) is 9.77. The van der Waals surface area contributed by atoms with Crippen molar-refractivity contribution in [3.05, 3.63) is 36.0 Å². The van der Waals surface area contributed by atoms with E-state index in [-0.39, 0.29) is 36.0 Å². The highest BCUT2D eigenvalue weighted by molar-refractivity contribution is 6.08. The number of urea groups is 1. The third-order valence-electron chi connectivity index (χ3n) is 5.72. The number of imide groups is 1. The van der Waals surface area contributed by atoms with Crippen LogP contribution in [0.1, 0.15) is 38.5 Å². The van der Waals surface area contributed by atoms with Gasteiger partial charge in [-0.15, -0.1) is 0 Å². The second-order valence-corrected chi connectivity index (χ2v) is 7.62. The van der Waals surface area contributed by atoms with E-state index in [0.29, 0.717) is 12.0 Å². The fraction of sp³-hybridized carbons (Fsp3) is 0.450. The fourth-order valence-electron chi connectivity index (χ4n) is 3.99. The van der Waals surface area contributed by atoms with Gasteiger partial charge in [-0.25, -0.2) is 9.18 Å². The molecule has 0 radical (unpaired) electrons. The van der Waals surface area contributed by atoms with Crippen molar-refractivity contribution in [2.24, 2.45) is 5.92 Å². The normalized spacial score (nSPS) is 23.7. The summed E-state index contributed by atoms with van der Waals surface area (Å²) in [7, 11) is 0. The molecule has 1 saturated carbocycles. The van der Waals surface area contributed by atoms with E-state index < -0.39 is 24.1 Å². The van der Waals surface area contributed by atoms with Gasteiger partial charge in [0.25, 0.3) is 11.8 Å². The first kappa shape index (κ1) is 20.0. The average Bonchev–Trinajstić information content (AvgIpc) is 3.29. The van der Waals surface area contributed by atoms with Crippen LogP contribution in [0.25, 0.3) is 11.4 Å². The molecule has 1 saturated heterocycles. The lowest BCUT2D eigenvalue weighted by atomic mass is 9.73. The summed E-state index contributed by atoms with van der Waals surface area (Å²) in [6.45, 7) is 1.14. The van der Waals surface area contributed by atoms with Gasteiger partial charge >= 0.3 is 12.0 Å². The molecule has 2 fully saturated rings. The zero-order valence-electron chi connectivity index (χ0n) is 16.4. The number of aromatic nitrogens is 2. The Morgan fingerprint density at radius 3 is 2.83 bits per heavy atom. The number of amides is 3. The van der Waals surface area contributed by atoms with Crippen molar-refractivity contribution < 1.29 is 28.0 Å². The molecule has 9 nitrogen and oxygen atoms in total. The topological polar surface area (TPSA) is 115 Å². The van der Waals surface area contributed by atoms with Gasteiger partial charge in [-0.2, -0.15) is 4.98 Å². The lowest BCUT2D eigenvalue weighted by molar-refractivity contribution is -0.150. The molecule has 1 aliphatic heterocycles. The second kappa shape index (κ2) is 7.85. The number of carbonyl (C=O) groups excluding carboxylic acids is 3. The Morgan fingerprint density at radius 2 is 2.10 bits per heavy atom. The summed E-state index contributed by atoms with van der Waals surface area (Å²) in [4.78, 5) is 42.4. The lowest BCUT2D eigenvalue weighted by Gasteiger charge is -2.36. The summed E-state index contributed by atoms with van der Waals surface area (Å²) in [5.41, 5.74) is -0.379. The molecular weight excluding hydrogens is 395 g/mol. The smallest absolute Gasteiger partial charge is 0.326 e. The van der Waals surface area contributed by atoms with Crippen LogP contribution in [0.2, 0.25) is 0 Å². The van der Waals surface area contributed by atoms with E-state index in [1.165, 1.54) is 24.3 Å². The molecule has 3 amide bonds. The van der Waals surface area contributed by atoms with Gasteiger partial charge in [-0.1, -0.05) is 24.9 Å². The van der Waals surface area contributed by atoms with Gasteiger partial charge in [-0.05, 0) is 43.0 Å². The zero-order chi connectivity index (χ0) is 21.3. The zero-order valence-corrected chi connectivity index (χ0v) is 16.4. The molecule has 2 atom stereocenters. The lowest BCUT2D eigenvalue weighted by Crippen LogP contribution is -2.54. The molecule has 1 N–H and O–H groups in total.